The molecule has 4 aromatic carbocycles. The van der Waals surface area contributed by atoms with Gasteiger partial charge in [0, 0.05) is 123 Å². The number of hydrogen-bond acceptors (Lipinski definition) is 34. The van der Waals surface area contributed by atoms with Crippen molar-refractivity contribution in [2.45, 2.75) is 226 Å². The lowest BCUT2D eigenvalue weighted by atomic mass is 9.75. The van der Waals surface area contributed by atoms with Crippen LogP contribution < -0.4 is 27.8 Å². The Kier molecular flexibility index (Phi) is 39.7. The second kappa shape index (κ2) is 51.0. The number of fused-ring (bicyclic) bond motifs is 4. The van der Waals surface area contributed by atoms with E-state index < -0.39 is 114 Å². The second-order valence-electron chi connectivity index (χ2n) is 36.9. The van der Waals surface area contributed by atoms with Crippen LogP contribution in [-0.2, 0) is 98.9 Å². The van der Waals surface area contributed by atoms with Gasteiger partial charge in [-0.25, -0.2) is 39.0 Å². The van der Waals surface area contributed by atoms with E-state index in [0.717, 1.165) is 97.5 Å². The van der Waals surface area contributed by atoms with Gasteiger partial charge in [-0.1, -0.05) is 112 Å². The van der Waals surface area contributed by atoms with Gasteiger partial charge >= 0.3 is 18.0 Å². The summed E-state index contributed by atoms with van der Waals surface area (Å²) in [7, 11) is 6.55. The number of primary amides is 2. The average molecular weight is 2060 g/mol. The van der Waals surface area contributed by atoms with Crippen molar-refractivity contribution in [3.05, 3.63) is 234 Å². The molecule has 16 N–H and O–H groups in total. The number of aromatic nitrogens is 8. The van der Waals surface area contributed by atoms with Crippen molar-refractivity contribution in [3.63, 3.8) is 0 Å². The third kappa shape index (κ3) is 28.1. The summed E-state index contributed by atoms with van der Waals surface area (Å²) in [4.78, 5) is 163. The number of Topliss-reactive ketones (excluding diaryl/α,β-unsaturated/α-hetero) is 4. The maximum Gasteiger partial charge on any atom is 0.405 e. The number of imidazole rings is 2. The van der Waals surface area contributed by atoms with Gasteiger partial charge in [-0.2, -0.15) is 5.10 Å². The van der Waals surface area contributed by atoms with Crippen molar-refractivity contribution >= 4 is 116 Å². The fourth-order valence-corrected chi connectivity index (χ4v) is 18.3. The number of halogens is 2. The topological polar surface area (TPSA) is 613 Å². The van der Waals surface area contributed by atoms with Crippen LogP contribution in [0.1, 0.15) is 208 Å². The van der Waals surface area contributed by atoms with Crippen molar-refractivity contribution < 1.29 is 132 Å². The maximum absolute atomic E-state index is 13.3. The highest BCUT2D eigenvalue weighted by Crippen LogP contribution is 2.43. The molecular weight excluding hydrogens is 1930 g/mol. The van der Waals surface area contributed by atoms with E-state index in [1.807, 2.05) is 78.7 Å². The molecule has 4 aliphatic carbocycles. The number of anilines is 2. The Morgan fingerprint density at radius 3 is 1.97 bits per heavy atom. The van der Waals surface area contributed by atoms with Crippen LogP contribution in [0.5, 0.6) is 23.0 Å². The van der Waals surface area contributed by atoms with Gasteiger partial charge in [-0.15, -0.1) is 0 Å². The molecule has 3 amide bonds. The maximum atomic E-state index is 13.3. The molecule has 0 spiro atoms. The number of carbonyl (C=O) groups is 12. The van der Waals surface area contributed by atoms with Crippen LogP contribution in [0.4, 0.5) is 16.3 Å². The SMILES string of the molecule is CCCC(=O)[C@H]1O[C@@H](n2cnc3c(N)ncnc32)[C@H](O)[C@@H]1O.COC(=O)c1c(O)cc(O)c(Cl)c1CCC(=O)CC1=CC(=O)C(C)=CC1=O.COC(=O)c1c(O)cc(O)c(Cl)c1CCc1nccn1Cc1ccccc1.COC1=C2C[C@@H](C)C[C@H](OC)[C@H](O)[C@@H](C)/C=C(\C)[C@H](OC(N)=O)[C@@H](OC)/C=C\C=C(/C)C(=O)NC(=CC1=O)C2=O.Cc1nn(-c2ccc(C(N)=O)c(NC3CCC(O)CC3)c2)c2c1C(=O)CC(C)(C)C2. The summed E-state index contributed by atoms with van der Waals surface area (Å²) in [6, 6.07) is 17.5. The predicted octanol–water partition coefficient (Wildman–Crippen LogP) is 11.0. The lowest BCUT2D eigenvalue weighted by Gasteiger charge is -2.29. The molecule has 42 heteroatoms. The third-order valence-electron chi connectivity index (χ3n) is 25.4. The van der Waals surface area contributed by atoms with Gasteiger partial charge in [0.1, 0.15) is 82.0 Å². The summed E-state index contributed by atoms with van der Waals surface area (Å²) >= 11 is 12.2. The van der Waals surface area contributed by atoms with Gasteiger partial charge in [-0.05, 0) is 156 Å². The number of phenols is 4. The van der Waals surface area contributed by atoms with Crippen LogP contribution in [0.2, 0.25) is 10.0 Å². The van der Waals surface area contributed by atoms with E-state index in [0.29, 0.717) is 77.8 Å². The molecule has 780 valence electrons. The normalized spacial score (nSPS) is 22.5. The fraction of sp³-hybridized carbons (Fsp3) is 0.413. The lowest BCUT2D eigenvalue weighted by Crippen LogP contribution is -2.37. The first-order chi connectivity index (χ1) is 69.2. The standard InChI is InChI=1S/C29H40N2O9.C23H30N4O3.C20H19ClN2O4.C19H17ClO7.C13H17N5O4/c1-15-11-19-25(34)20(14-21(32)27(19)39-7)31-28(35)16(2)9-8-10-22(37-5)26(40-29(30)36)18(4)13-17(3)24(33)23(12-15)38-6;1-13-21-19(11-23(2,3)12-20(21)29)27(26-13)15-6-9-17(22(24)30)18(10-15)25-14-4-7-16(28)8-5-14;1-27-20(26)18-14(19(21)16(25)11-15(18)24)7-8-17-22-9-10-23(17)12-13-5-3-2-4-6-13;1-9-5-14(23)10(7-13(9)22)6-11(21)3-4-12-17(19(26)27-2)15(24)8-16(25)18(12)20;1-2-3-6(19)10-8(20)9(21)13(22-10)18-5-17-7-11(14)15-4-16-12(7)18/h8-10,13-15,17,22-24,26,33H,11-12H2,1-7H3,(H2,30,36)(H,31,35);6,9-10,14,16,25,28H,4-5,7-8,11-12H2,1-3H3,(H2,24,30);2-6,9-11,24-25H,7-8,12H2,1H3;5,7-8,24-25H,3-4,6H2,1-2H3;4-5,8-10,13,20-21H,2-3H2,1H3,(H2,14,15,16)/b10-8-,16-9+,18-13+;;;;/t15-,17+,22+,23+,24-,26+;;;;8-,9+,10+,13+/m1...0/s1. The first-order valence-corrected chi connectivity index (χ1v) is 47.7. The number of nitrogens with one attached hydrogen (secondary N) is 2. The first-order valence-electron chi connectivity index (χ1n) is 47.0. The third-order valence-corrected chi connectivity index (χ3v) is 26.2. The van der Waals surface area contributed by atoms with Crippen LogP contribution in [0, 0.1) is 24.2 Å². The number of methoxy groups -OCH3 is 5. The van der Waals surface area contributed by atoms with Crippen LogP contribution in [-0.4, -0.2) is 240 Å². The molecular formula is C104H123Cl2N13O27. The number of esters is 2. The Balaban J connectivity index is 0.000000189. The molecule has 0 unspecified atom stereocenters. The number of aryl methyl sites for hydroxylation is 2. The number of amides is 3. The molecule has 8 aromatic rings. The summed E-state index contributed by atoms with van der Waals surface area (Å²) in [6.07, 6.45) is 13.0. The predicted molar refractivity (Wildman–Crippen MR) is 534 cm³/mol. The number of ether oxygens (including phenoxy) is 7. The Bertz CT molecular complexity index is 6500. The number of aliphatic hydroxyl groups excluding tert-OH is 4. The van der Waals surface area contributed by atoms with E-state index in [4.69, 9.17) is 68.8 Å². The van der Waals surface area contributed by atoms with Crippen LogP contribution in [0.25, 0.3) is 16.9 Å². The number of hydrogen-bond donors (Lipinski definition) is 13. The highest BCUT2D eigenvalue weighted by Gasteiger charge is 2.48. The molecule has 1 saturated carbocycles. The lowest BCUT2D eigenvalue weighted by molar-refractivity contribution is -0.135. The number of ketones is 7. The molecule has 1 saturated heterocycles. The fourth-order valence-electron chi connectivity index (χ4n) is 17.8. The van der Waals surface area contributed by atoms with Gasteiger partial charge < -0.3 is 106 Å². The number of carbonyl (C=O) groups excluding carboxylic acids is 12. The molecule has 2 aliphatic heterocycles. The molecule has 146 heavy (non-hydrogen) atoms. The quantitative estimate of drug-likeness (QED) is 0.0116. The Hall–Kier alpha value is -14.2. The Labute approximate surface area is 851 Å². The first kappa shape index (κ1) is 114. The molecule has 40 nitrogen and oxygen atoms in total. The number of benzene rings is 4. The molecule has 4 aromatic heterocycles. The number of aliphatic hydroxyl groups is 4. The van der Waals surface area contributed by atoms with Crippen molar-refractivity contribution in [2.24, 2.45) is 28.7 Å². The highest BCUT2D eigenvalue weighted by molar-refractivity contribution is 6.34. The number of phenolic OH excluding ortho intramolecular Hbond substituents is 4. The highest BCUT2D eigenvalue weighted by atomic mass is 35.5. The van der Waals surface area contributed by atoms with Gasteiger partial charge in [0.05, 0.1) is 89.9 Å². The van der Waals surface area contributed by atoms with Gasteiger partial charge in [0.2, 0.25) is 11.6 Å². The molecule has 0 radical (unpaired) electrons. The van der Waals surface area contributed by atoms with Crippen molar-refractivity contribution in [3.8, 4) is 28.7 Å². The van der Waals surface area contributed by atoms with Crippen LogP contribution in [0.3, 0.4) is 0 Å². The summed E-state index contributed by atoms with van der Waals surface area (Å²) < 4.78 is 41.9. The molecule has 2 fully saturated rings. The number of nitrogen functional groups attached to an aromatic ring is 1. The summed E-state index contributed by atoms with van der Waals surface area (Å²) in [5.41, 5.74) is 24.0. The second-order valence-corrected chi connectivity index (χ2v) is 37.6. The molecule has 6 heterocycles. The van der Waals surface area contributed by atoms with Gasteiger partial charge in [0.25, 0.3) is 11.8 Å². The number of aromatic hydroxyl groups is 4. The van der Waals surface area contributed by atoms with E-state index in [9.17, 15) is 98.4 Å². The summed E-state index contributed by atoms with van der Waals surface area (Å²) in [5, 5.41) is 91.3. The zero-order valence-corrected chi connectivity index (χ0v) is 84.8. The van der Waals surface area contributed by atoms with E-state index in [1.54, 1.807) is 44.3 Å². The largest absolute Gasteiger partial charge is 0.507 e. The summed E-state index contributed by atoms with van der Waals surface area (Å²) in [5.74, 6) is -6.28. The Morgan fingerprint density at radius 2 is 1.36 bits per heavy atom. The zero-order valence-electron chi connectivity index (χ0n) is 83.3. The molecule has 10 atom stereocenters. The van der Waals surface area contributed by atoms with E-state index >= 15 is 0 Å². The molecule has 14 rings (SSSR count). The minimum absolute atomic E-state index is 0.0226. The number of nitrogens with zero attached hydrogens (tertiary/aromatic N) is 8. The minimum atomic E-state index is -1.29. The van der Waals surface area contributed by atoms with Crippen LogP contribution >= 0.6 is 23.2 Å². The molecule has 6 aliphatic rings. The molecule has 2 bridgehead atoms. The van der Waals surface area contributed by atoms with Crippen molar-refractivity contribution in [1.82, 2.24) is 44.2 Å². The number of allylic oxidation sites excluding steroid dienone is 8. The van der Waals surface area contributed by atoms with Gasteiger partial charge in [-0.3, -0.25) is 47.7 Å². The minimum Gasteiger partial charge on any atom is -0.507 e. The smallest absolute Gasteiger partial charge is 0.405 e. The Morgan fingerprint density at radius 1 is 0.712 bits per heavy atom. The van der Waals surface area contributed by atoms with E-state index in [-0.39, 0.29) is 151 Å². The van der Waals surface area contributed by atoms with Crippen LogP contribution in [0.15, 0.2) is 168 Å². The van der Waals surface area contributed by atoms with E-state index in [2.05, 4.69) is 54.3 Å². The monoisotopic (exact) mass is 2060 g/mol. The zero-order chi connectivity index (χ0) is 107. The van der Waals surface area contributed by atoms with Gasteiger partial charge in [0.15, 0.2) is 52.7 Å². The van der Waals surface area contributed by atoms with Crippen molar-refractivity contribution in [1.29, 1.82) is 0 Å². The van der Waals surface area contributed by atoms with E-state index in [1.165, 1.54) is 71.7 Å². The number of nitrogens with two attached hydrogens (primary N) is 3. The number of rotatable bonds is 24. The van der Waals surface area contributed by atoms with Crippen molar-refractivity contribution in [2.75, 3.05) is 46.6 Å². The average Bonchev–Trinajstić information content (AvgIpc) is 1.59. The summed E-state index contributed by atoms with van der Waals surface area (Å²) in [6.45, 7) is 17.0.